The number of carbonyl (C=O) groups is 2. The van der Waals surface area contributed by atoms with E-state index in [-0.39, 0.29) is 18.0 Å². The molecule has 2 aromatic rings. The van der Waals surface area contributed by atoms with Gasteiger partial charge in [0.2, 0.25) is 0 Å². The maximum atomic E-state index is 13.2. The summed E-state index contributed by atoms with van der Waals surface area (Å²) in [6, 6.07) is 13.0. The molecule has 0 N–H and O–H groups in total. The van der Waals surface area contributed by atoms with Crippen LogP contribution in [0.4, 0.5) is 10.6 Å². The Kier molecular flexibility index (Phi) is 6.98. The normalized spacial score (nSPS) is 17.3. The first-order valence-corrected chi connectivity index (χ1v) is 11.1. The fraction of sp³-hybridized carbons (Fsp3) is 0.480. The molecule has 0 unspecified atom stereocenters. The fourth-order valence-corrected chi connectivity index (χ4v) is 3.92. The molecule has 1 aromatic carbocycles. The van der Waals surface area contributed by atoms with Crippen LogP contribution in [0.25, 0.3) is 0 Å². The van der Waals surface area contributed by atoms with E-state index in [9.17, 15) is 9.59 Å². The van der Waals surface area contributed by atoms with Crippen LogP contribution in [-0.4, -0.2) is 40.1 Å². The number of pyridine rings is 1. The van der Waals surface area contributed by atoms with E-state index in [0.29, 0.717) is 17.9 Å². The molecule has 6 heteroatoms. The lowest BCUT2D eigenvalue weighted by atomic mass is 10.0. The molecule has 2 atom stereocenters. The molecule has 0 aliphatic carbocycles. The number of likely N-dealkylation sites (tertiary alicyclic amines) is 1. The van der Waals surface area contributed by atoms with Crippen molar-refractivity contribution < 1.29 is 14.3 Å². The van der Waals surface area contributed by atoms with Crippen molar-refractivity contribution in [2.45, 2.75) is 71.6 Å². The predicted molar refractivity (Wildman–Crippen MR) is 122 cm³/mol. The number of aromatic nitrogens is 1. The van der Waals surface area contributed by atoms with Gasteiger partial charge in [-0.3, -0.25) is 9.69 Å². The maximum absolute atomic E-state index is 13.2. The van der Waals surface area contributed by atoms with Crippen LogP contribution in [0, 0.1) is 0 Å². The first kappa shape index (κ1) is 22.8. The van der Waals surface area contributed by atoms with Crippen molar-refractivity contribution in [1.82, 2.24) is 9.88 Å². The predicted octanol–water partition coefficient (Wildman–Crippen LogP) is 5.60. The van der Waals surface area contributed by atoms with E-state index >= 15 is 0 Å². The zero-order valence-electron chi connectivity index (χ0n) is 19.2. The molecule has 2 amide bonds. The highest BCUT2D eigenvalue weighted by molar-refractivity contribution is 5.95. The third kappa shape index (κ3) is 5.24. The molecular weight excluding hydrogens is 390 g/mol. The Bertz CT molecular complexity index is 908. The minimum Gasteiger partial charge on any atom is -0.443 e. The van der Waals surface area contributed by atoms with Crippen LogP contribution in [0.2, 0.25) is 0 Å². The van der Waals surface area contributed by atoms with Crippen LogP contribution in [-0.2, 0) is 4.74 Å². The molecule has 1 fully saturated rings. The second-order valence-corrected chi connectivity index (χ2v) is 9.05. The molecule has 0 spiro atoms. The van der Waals surface area contributed by atoms with Crippen LogP contribution in [0.3, 0.4) is 0 Å². The Morgan fingerprint density at radius 2 is 1.90 bits per heavy atom. The van der Waals surface area contributed by atoms with Gasteiger partial charge in [0.1, 0.15) is 11.4 Å². The highest BCUT2D eigenvalue weighted by Gasteiger charge is 2.36. The van der Waals surface area contributed by atoms with Gasteiger partial charge in [-0.2, -0.15) is 0 Å². The Morgan fingerprint density at radius 1 is 1.19 bits per heavy atom. The van der Waals surface area contributed by atoms with Crippen LogP contribution >= 0.6 is 0 Å². The average molecular weight is 424 g/mol. The summed E-state index contributed by atoms with van der Waals surface area (Å²) >= 11 is 0. The minimum absolute atomic E-state index is 0.00487. The summed E-state index contributed by atoms with van der Waals surface area (Å²) in [5, 5.41) is 0. The second kappa shape index (κ2) is 9.50. The lowest BCUT2D eigenvalue weighted by molar-refractivity contribution is 0.0565. The van der Waals surface area contributed by atoms with Crippen LogP contribution in [0.15, 0.2) is 48.7 Å². The van der Waals surface area contributed by atoms with Crippen molar-refractivity contribution in [2.75, 3.05) is 11.4 Å². The van der Waals surface area contributed by atoms with Crippen molar-refractivity contribution in [3.8, 4) is 0 Å². The Balaban J connectivity index is 1.99. The van der Waals surface area contributed by atoms with E-state index in [2.05, 4.69) is 4.98 Å². The average Bonchev–Trinajstić information content (AvgIpc) is 3.22. The monoisotopic (exact) mass is 423 g/mol. The van der Waals surface area contributed by atoms with Gasteiger partial charge >= 0.3 is 6.09 Å². The summed E-state index contributed by atoms with van der Waals surface area (Å²) in [5.74, 6) is 0.578. The molecule has 6 nitrogen and oxygen atoms in total. The van der Waals surface area contributed by atoms with E-state index in [0.717, 1.165) is 24.8 Å². The van der Waals surface area contributed by atoms with Crippen LogP contribution < -0.4 is 4.90 Å². The molecule has 1 aromatic heterocycles. The molecular formula is C25H33N3O3. The maximum Gasteiger partial charge on any atom is 0.416 e. The minimum atomic E-state index is -0.611. The van der Waals surface area contributed by atoms with Crippen LogP contribution in [0.5, 0.6) is 0 Å². The van der Waals surface area contributed by atoms with Gasteiger partial charge in [-0.1, -0.05) is 31.2 Å². The van der Waals surface area contributed by atoms with Crippen LogP contribution in [0.1, 0.15) is 75.8 Å². The number of hydrogen-bond donors (Lipinski definition) is 0. The SMILES string of the molecule is CC[C@@H](C)N(C(=O)OC(C)(C)C)c1ncccc1[C@@H]1CCCN1C(=O)c1ccccc1. The third-order valence-electron chi connectivity index (χ3n) is 5.56. The number of hydrogen-bond acceptors (Lipinski definition) is 4. The van der Waals surface area contributed by atoms with Gasteiger partial charge in [-0.25, -0.2) is 9.78 Å². The summed E-state index contributed by atoms with van der Waals surface area (Å²) < 4.78 is 5.70. The van der Waals surface area contributed by atoms with Gasteiger partial charge in [0.05, 0.1) is 6.04 Å². The van der Waals surface area contributed by atoms with Crippen molar-refractivity contribution in [1.29, 1.82) is 0 Å². The van der Waals surface area contributed by atoms with E-state index in [1.54, 1.807) is 11.1 Å². The van der Waals surface area contributed by atoms with Crippen molar-refractivity contribution >= 4 is 17.8 Å². The molecule has 1 aliphatic rings. The molecule has 3 rings (SSSR count). The Labute approximate surface area is 185 Å². The van der Waals surface area contributed by atoms with Gasteiger partial charge in [0, 0.05) is 29.9 Å². The number of nitrogens with zero attached hydrogens (tertiary/aromatic N) is 3. The zero-order chi connectivity index (χ0) is 22.6. The molecule has 0 bridgehead atoms. The van der Waals surface area contributed by atoms with E-state index in [4.69, 9.17) is 4.74 Å². The van der Waals surface area contributed by atoms with E-state index in [1.165, 1.54) is 0 Å². The number of amides is 2. The molecule has 0 radical (unpaired) electrons. The first-order valence-electron chi connectivity index (χ1n) is 11.1. The standard InChI is InChI=1S/C25H33N3O3/c1-6-18(2)28(24(30)31-25(3,4)5)22-20(14-10-16-26-22)21-15-11-17-27(21)23(29)19-12-8-7-9-13-19/h7-10,12-14,16,18,21H,6,11,15,17H2,1-5H3/t18-,21+/m1/s1. The molecule has 2 heterocycles. The lowest BCUT2D eigenvalue weighted by Crippen LogP contribution is -2.43. The quantitative estimate of drug-likeness (QED) is 0.628. The van der Waals surface area contributed by atoms with Crippen molar-refractivity contribution in [2.24, 2.45) is 0 Å². The van der Waals surface area contributed by atoms with Gasteiger partial charge in [-0.15, -0.1) is 0 Å². The molecule has 1 saturated heterocycles. The van der Waals surface area contributed by atoms with Crippen molar-refractivity contribution in [3.63, 3.8) is 0 Å². The van der Waals surface area contributed by atoms with Gasteiger partial charge in [0.25, 0.3) is 5.91 Å². The largest absolute Gasteiger partial charge is 0.443 e. The number of anilines is 1. The zero-order valence-corrected chi connectivity index (χ0v) is 19.2. The van der Waals surface area contributed by atoms with E-state index < -0.39 is 11.7 Å². The first-order chi connectivity index (χ1) is 14.7. The summed E-state index contributed by atoms with van der Waals surface area (Å²) in [4.78, 5) is 34.5. The molecule has 31 heavy (non-hydrogen) atoms. The summed E-state index contributed by atoms with van der Waals surface area (Å²) in [5.41, 5.74) is 0.946. The molecule has 1 aliphatic heterocycles. The summed E-state index contributed by atoms with van der Waals surface area (Å²) in [6.07, 6.45) is 3.78. The van der Waals surface area contributed by atoms with Crippen molar-refractivity contribution in [3.05, 3.63) is 59.8 Å². The summed E-state index contributed by atoms with van der Waals surface area (Å²) in [6.45, 7) is 10.3. The Hall–Kier alpha value is -2.89. The fourth-order valence-electron chi connectivity index (χ4n) is 3.92. The highest BCUT2D eigenvalue weighted by atomic mass is 16.6. The van der Waals surface area contributed by atoms with Gasteiger partial charge in [-0.05, 0) is 65.2 Å². The molecule has 0 saturated carbocycles. The Morgan fingerprint density at radius 3 is 2.55 bits per heavy atom. The number of rotatable bonds is 5. The molecule has 166 valence electrons. The number of ether oxygens (including phenoxy) is 1. The smallest absolute Gasteiger partial charge is 0.416 e. The van der Waals surface area contributed by atoms with Gasteiger partial charge < -0.3 is 9.64 Å². The number of benzene rings is 1. The third-order valence-corrected chi connectivity index (χ3v) is 5.56. The topological polar surface area (TPSA) is 62.7 Å². The number of carbonyl (C=O) groups excluding carboxylic acids is 2. The van der Waals surface area contributed by atoms with Gasteiger partial charge in [0.15, 0.2) is 0 Å². The summed E-state index contributed by atoms with van der Waals surface area (Å²) in [7, 11) is 0. The van der Waals surface area contributed by atoms with E-state index in [1.807, 2.05) is 82.0 Å². The lowest BCUT2D eigenvalue weighted by Gasteiger charge is -2.34. The second-order valence-electron chi connectivity index (χ2n) is 9.05. The highest BCUT2D eigenvalue weighted by Crippen LogP contribution is 2.38.